The lowest BCUT2D eigenvalue weighted by Gasteiger charge is -2.21. The molecular weight excluding hydrogens is 397 g/mol. The molecule has 3 aliphatic rings. The fourth-order valence-corrected chi connectivity index (χ4v) is 4.86. The van der Waals surface area contributed by atoms with Crippen molar-refractivity contribution in [3.63, 3.8) is 0 Å². The quantitative estimate of drug-likeness (QED) is 0.324. The number of hydrogen-bond acceptors (Lipinski definition) is 3. The summed E-state index contributed by atoms with van der Waals surface area (Å²) < 4.78 is 12.0. The second-order valence-corrected chi connectivity index (χ2v) is 9.58. The number of alkyl halides is 1. The van der Waals surface area contributed by atoms with E-state index in [2.05, 4.69) is 42.8 Å². The molecule has 1 aromatic heterocycles. The van der Waals surface area contributed by atoms with Crippen LogP contribution >= 0.6 is 0 Å². The topological polar surface area (TPSA) is 28.2 Å². The Morgan fingerprint density at radius 1 is 1.22 bits per heavy atom. The molecule has 0 bridgehead atoms. The van der Waals surface area contributed by atoms with E-state index in [0.29, 0.717) is 6.42 Å². The Morgan fingerprint density at radius 2 is 2.00 bits per heavy atom. The van der Waals surface area contributed by atoms with Crippen LogP contribution in [0.2, 0.25) is 0 Å². The van der Waals surface area contributed by atoms with Gasteiger partial charge in [0.2, 0.25) is 0 Å². The molecule has 0 radical (unpaired) electrons. The van der Waals surface area contributed by atoms with Gasteiger partial charge >= 0.3 is 0 Å². The highest BCUT2D eigenvalue weighted by Gasteiger charge is 2.27. The number of rotatable bonds is 10. The fraction of sp³-hybridized carbons (Fsp3) is 0.679. The number of aryl methyl sites for hydroxylation is 2. The Morgan fingerprint density at radius 3 is 2.66 bits per heavy atom. The van der Waals surface area contributed by atoms with Gasteiger partial charge < -0.3 is 5.32 Å². The molecule has 4 heteroatoms. The van der Waals surface area contributed by atoms with Crippen LogP contribution in [0.5, 0.6) is 0 Å². The van der Waals surface area contributed by atoms with Gasteiger partial charge in [-0.1, -0.05) is 26.0 Å². The lowest BCUT2D eigenvalue weighted by atomic mass is 9.97. The average molecular weight is 442 g/mol. The molecule has 3 heterocycles. The zero-order chi connectivity index (χ0) is 22.8. The van der Waals surface area contributed by atoms with Crippen LogP contribution in [0.4, 0.5) is 10.2 Å². The van der Waals surface area contributed by atoms with E-state index >= 15 is 0 Å². The van der Waals surface area contributed by atoms with Crippen LogP contribution in [0.3, 0.4) is 0 Å². The molecule has 0 amide bonds. The van der Waals surface area contributed by atoms with Gasteiger partial charge in [-0.2, -0.15) is 0 Å². The van der Waals surface area contributed by atoms with E-state index in [0.717, 1.165) is 56.9 Å². The van der Waals surface area contributed by atoms with Gasteiger partial charge in [0.05, 0.1) is 6.67 Å². The SMILES string of the molecule is C=C(/C(=C\C)CN1CCCC1)C1CC1.CCc1cc(CCCCCF)nc2c1CCCN2. The first kappa shape index (κ1) is 25.0. The van der Waals surface area contributed by atoms with Gasteiger partial charge in [0.25, 0.3) is 0 Å². The molecule has 2 fully saturated rings. The minimum absolute atomic E-state index is 0.195. The number of hydrogen-bond donors (Lipinski definition) is 1. The summed E-state index contributed by atoms with van der Waals surface area (Å²) in [5.41, 5.74) is 6.93. The maximum atomic E-state index is 12.0. The zero-order valence-corrected chi connectivity index (χ0v) is 20.5. The number of pyridine rings is 1. The smallest absolute Gasteiger partial charge is 0.129 e. The van der Waals surface area contributed by atoms with Crippen molar-refractivity contribution in [2.45, 2.75) is 84.5 Å². The second-order valence-electron chi connectivity index (χ2n) is 9.58. The van der Waals surface area contributed by atoms with Crippen LogP contribution < -0.4 is 5.32 Å². The highest BCUT2D eigenvalue weighted by Crippen LogP contribution is 2.39. The monoisotopic (exact) mass is 441 g/mol. The molecule has 4 rings (SSSR count). The summed E-state index contributed by atoms with van der Waals surface area (Å²) in [7, 11) is 0. The van der Waals surface area contributed by atoms with Crippen molar-refractivity contribution in [2.24, 2.45) is 5.92 Å². The number of nitrogens with one attached hydrogen (secondary N) is 1. The van der Waals surface area contributed by atoms with Crippen LogP contribution in [0.1, 0.15) is 82.0 Å². The van der Waals surface area contributed by atoms with Gasteiger partial charge in [-0.3, -0.25) is 9.29 Å². The minimum atomic E-state index is -0.195. The third kappa shape index (κ3) is 7.43. The van der Waals surface area contributed by atoms with Crippen molar-refractivity contribution in [1.29, 1.82) is 0 Å². The number of likely N-dealkylation sites (tertiary alicyclic amines) is 1. The number of aromatic nitrogens is 1. The minimum Gasteiger partial charge on any atom is -0.370 e. The van der Waals surface area contributed by atoms with Gasteiger partial charge in [-0.25, -0.2) is 4.98 Å². The molecular formula is C28H44FN3. The number of unbranched alkanes of at least 4 members (excludes halogenated alkanes) is 2. The Balaban J connectivity index is 0.000000186. The van der Waals surface area contributed by atoms with E-state index in [1.54, 1.807) is 0 Å². The summed E-state index contributed by atoms with van der Waals surface area (Å²) in [5.74, 6) is 1.92. The van der Waals surface area contributed by atoms with E-state index in [1.807, 2.05) is 0 Å². The normalized spacial score (nSPS) is 18.5. The number of anilines is 1. The summed E-state index contributed by atoms with van der Waals surface area (Å²) in [6.45, 7) is 13.2. The van der Waals surface area contributed by atoms with Gasteiger partial charge in [-0.05, 0) is 118 Å². The van der Waals surface area contributed by atoms with Crippen molar-refractivity contribution in [3.05, 3.63) is 46.7 Å². The summed E-state index contributed by atoms with van der Waals surface area (Å²) in [6, 6.07) is 2.25. The summed E-state index contributed by atoms with van der Waals surface area (Å²) in [4.78, 5) is 7.27. The predicted octanol–water partition coefficient (Wildman–Crippen LogP) is 6.68. The van der Waals surface area contributed by atoms with Crippen LogP contribution in [-0.4, -0.2) is 42.7 Å². The molecule has 0 spiro atoms. The Bertz CT molecular complexity index is 743. The van der Waals surface area contributed by atoms with Crippen molar-refractivity contribution >= 4 is 5.82 Å². The fourth-order valence-electron chi connectivity index (χ4n) is 4.86. The van der Waals surface area contributed by atoms with Crippen molar-refractivity contribution in [3.8, 4) is 0 Å². The average Bonchev–Trinajstić information content (AvgIpc) is 3.55. The predicted molar refractivity (Wildman–Crippen MR) is 135 cm³/mol. The highest BCUT2D eigenvalue weighted by molar-refractivity contribution is 5.51. The van der Waals surface area contributed by atoms with Crippen LogP contribution in [-0.2, 0) is 19.3 Å². The molecule has 0 unspecified atom stereocenters. The molecule has 1 aromatic rings. The van der Waals surface area contributed by atoms with E-state index in [4.69, 9.17) is 4.98 Å². The summed E-state index contributed by atoms with van der Waals surface area (Å²) in [5, 5.41) is 3.41. The van der Waals surface area contributed by atoms with E-state index in [9.17, 15) is 4.39 Å². The van der Waals surface area contributed by atoms with Gasteiger partial charge in [0.1, 0.15) is 5.82 Å². The third-order valence-corrected chi connectivity index (χ3v) is 7.04. The zero-order valence-electron chi connectivity index (χ0n) is 20.5. The molecule has 178 valence electrons. The van der Waals surface area contributed by atoms with Crippen molar-refractivity contribution in [2.75, 3.05) is 38.2 Å². The maximum Gasteiger partial charge on any atom is 0.129 e. The molecule has 1 N–H and O–H groups in total. The molecule has 0 aromatic carbocycles. The first-order chi connectivity index (χ1) is 15.7. The Hall–Kier alpha value is -1.68. The molecule has 1 aliphatic carbocycles. The Labute approximate surface area is 195 Å². The Kier molecular flexibility index (Phi) is 10.2. The largest absolute Gasteiger partial charge is 0.370 e. The van der Waals surface area contributed by atoms with Gasteiger partial charge in [0.15, 0.2) is 0 Å². The lowest BCUT2D eigenvalue weighted by Crippen LogP contribution is -2.22. The van der Waals surface area contributed by atoms with Gasteiger partial charge in [0, 0.05) is 18.8 Å². The third-order valence-electron chi connectivity index (χ3n) is 7.04. The van der Waals surface area contributed by atoms with Crippen molar-refractivity contribution < 1.29 is 4.39 Å². The number of allylic oxidation sites excluding steroid dienone is 1. The number of fused-ring (bicyclic) bond motifs is 1. The van der Waals surface area contributed by atoms with Crippen LogP contribution in [0.25, 0.3) is 0 Å². The molecule has 2 aliphatic heterocycles. The van der Waals surface area contributed by atoms with E-state index < -0.39 is 0 Å². The van der Waals surface area contributed by atoms with E-state index in [-0.39, 0.29) is 6.67 Å². The second kappa shape index (κ2) is 13.1. The molecule has 1 saturated heterocycles. The lowest BCUT2D eigenvalue weighted by molar-refractivity contribution is 0.369. The summed E-state index contributed by atoms with van der Waals surface area (Å²) >= 11 is 0. The summed E-state index contributed by atoms with van der Waals surface area (Å²) in [6.07, 6.45) is 14.9. The first-order valence-electron chi connectivity index (χ1n) is 13.0. The van der Waals surface area contributed by atoms with Gasteiger partial charge in [-0.15, -0.1) is 0 Å². The van der Waals surface area contributed by atoms with E-state index in [1.165, 1.54) is 73.2 Å². The maximum absolute atomic E-state index is 12.0. The highest BCUT2D eigenvalue weighted by atomic mass is 19.1. The van der Waals surface area contributed by atoms with Crippen LogP contribution in [0.15, 0.2) is 29.9 Å². The number of halogens is 1. The molecule has 0 atom stereocenters. The number of nitrogens with zero attached hydrogens (tertiary/aromatic N) is 2. The first-order valence-corrected chi connectivity index (χ1v) is 13.0. The standard InChI is InChI=1S/C15H23FN2.C13H21N/c1-2-12-11-13(7-4-3-5-9-16)18-15-14(12)8-6-10-17-15;1-3-12(11(2)13-6-7-13)10-14-8-4-5-9-14/h11H,2-10H2,1H3,(H,17,18);3,13H,2,4-10H2,1H3/b;12-3-. The molecule has 32 heavy (non-hydrogen) atoms. The van der Waals surface area contributed by atoms with Crippen LogP contribution in [0, 0.1) is 5.92 Å². The molecule has 3 nitrogen and oxygen atoms in total. The molecule has 1 saturated carbocycles. The van der Waals surface area contributed by atoms with Crippen molar-refractivity contribution in [1.82, 2.24) is 9.88 Å².